The molecule has 1 unspecified atom stereocenters. The topological polar surface area (TPSA) is 21.3 Å². The Bertz CT molecular complexity index is 444. The molecule has 1 atom stereocenters. The predicted octanol–water partition coefficient (Wildman–Crippen LogP) is 3.74. The summed E-state index contributed by atoms with van der Waals surface area (Å²) in [6.45, 7) is 5.84. The molecule has 112 valence electrons. The first-order chi connectivity index (χ1) is 9.63. The Morgan fingerprint density at radius 3 is 2.65 bits per heavy atom. The van der Waals surface area contributed by atoms with E-state index in [1.807, 2.05) is 6.92 Å². The van der Waals surface area contributed by atoms with Crippen molar-refractivity contribution >= 4 is 0 Å². The van der Waals surface area contributed by atoms with Crippen LogP contribution < -0.4 is 5.32 Å². The number of halogens is 2. The van der Waals surface area contributed by atoms with Crippen LogP contribution in [0, 0.1) is 24.5 Å². The molecule has 2 rings (SSSR count). The molecular formula is C16H23F2NO. The third-order valence-corrected chi connectivity index (χ3v) is 4.03. The van der Waals surface area contributed by atoms with E-state index in [0.717, 1.165) is 32.5 Å². The lowest BCUT2D eigenvalue weighted by atomic mass is 9.88. The fraction of sp³-hybridized carbons (Fsp3) is 0.625. The van der Waals surface area contributed by atoms with Crippen LogP contribution in [0.2, 0.25) is 0 Å². The molecule has 0 aliphatic carbocycles. The van der Waals surface area contributed by atoms with Crippen LogP contribution in [-0.2, 0) is 4.74 Å². The van der Waals surface area contributed by atoms with Gasteiger partial charge in [-0.05, 0) is 50.3 Å². The zero-order valence-electron chi connectivity index (χ0n) is 12.2. The first-order valence-electron chi connectivity index (χ1n) is 7.39. The minimum atomic E-state index is -0.453. The van der Waals surface area contributed by atoms with Gasteiger partial charge in [0, 0.05) is 24.8 Å². The van der Waals surface area contributed by atoms with E-state index in [4.69, 9.17) is 4.74 Å². The SMILES string of the molecule is CCNC(CC1CCOCC1)c1c(F)ccc(C)c1F. The van der Waals surface area contributed by atoms with E-state index >= 15 is 0 Å². The monoisotopic (exact) mass is 283 g/mol. The maximum atomic E-state index is 14.3. The molecule has 2 nitrogen and oxygen atoms in total. The van der Waals surface area contributed by atoms with E-state index in [0.29, 0.717) is 18.0 Å². The van der Waals surface area contributed by atoms with Crippen LogP contribution >= 0.6 is 0 Å². The minimum absolute atomic E-state index is 0.193. The highest BCUT2D eigenvalue weighted by Gasteiger charge is 2.25. The van der Waals surface area contributed by atoms with Crippen LogP contribution in [0.5, 0.6) is 0 Å². The first-order valence-corrected chi connectivity index (χ1v) is 7.39. The highest BCUT2D eigenvalue weighted by molar-refractivity contribution is 5.29. The first kappa shape index (κ1) is 15.4. The molecule has 0 spiro atoms. The van der Waals surface area contributed by atoms with E-state index in [2.05, 4.69) is 5.32 Å². The van der Waals surface area contributed by atoms with Gasteiger partial charge in [-0.15, -0.1) is 0 Å². The standard InChI is InChI=1S/C16H23F2NO/c1-3-19-14(10-12-6-8-20-9-7-12)15-13(17)5-4-11(2)16(15)18/h4-5,12,14,19H,3,6-10H2,1-2H3. The predicted molar refractivity (Wildman–Crippen MR) is 75.7 cm³/mol. The largest absolute Gasteiger partial charge is 0.381 e. The molecule has 1 aliphatic rings. The van der Waals surface area contributed by atoms with Gasteiger partial charge in [0.15, 0.2) is 0 Å². The van der Waals surface area contributed by atoms with Gasteiger partial charge in [0.25, 0.3) is 0 Å². The summed E-state index contributed by atoms with van der Waals surface area (Å²) in [5, 5.41) is 3.23. The molecule has 1 aromatic carbocycles. The van der Waals surface area contributed by atoms with Crippen molar-refractivity contribution < 1.29 is 13.5 Å². The Balaban J connectivity index is 2.21. The zero-order chi connectivity index (χ0) is 14.5. The molecular weight excluding hydrogens is 260 g/mol. The van der Waals surface area contributed by atoms with E-state index in [1.54, 1.807) is 6.92 Å². The summed E-state index contributed by atoms with van der Waals surface area (Å²) in [6.07, 6.45) is 2.70. The van der Waals surface area contributed by atoms with E-state index < -0.39 is 11.6 Å². The second-order valence-electron chi connectivity index (χ2n) is 5.49. The minimum Gasteiger partial charge on any atom is -0.381 e. The van der Waals surface area contributed by atoms with Crippen molar-refractivity contribution in [3.63, 3.8) is 0 Å². The highest BCUT2D eigenvalue weighted by atomic mass is 19.1. The number of benzene rings is 1. The number of hydrogen-bond acceptors (Lipinski definition) is 2. The molecule has 0 bridgehead atoms. The third-order valence-electron chi connectivity index (χ3n) is 4.03. The van der Waals surface area contributed by atoms with Crippen molar-refractivity contribution in [1.29, 1.82) is 0 Å². The van der Waals surface area contributed by atoms with Gasteiger partial charge in [-0.25, -0.2) is 8.78 Å². The van der Waals surface area contributed by atoms with Crippen molar-refractivity contribution in [3.05, 3.63) is 34.9 Å². The number of rotatable bonds is 5. The van der Waals surface area contributed by atoms with Crippen LogP contribution in [0.4, 0.5) is 8.78 Å². The smallest absolute Gasteiger partial charge is 0.133 e. The lowest BCUT2D eigenvalue weighted by Crippen LogP contribution is -2.28. The van der Waals surface area contributed by atoms with Crippen molar-refractivity contribution in [2.75, 3.05) is 19.8 Å². The molecule has 1 N–H and O–H groups in total. The summed E-state index contributed by atoms with van der Waals surface area (Å²) in [7, 11) is 0. The Kier molecular flexibility index (Phi) is 5.49. The van der Waals surface area contributed by atoms with Gasteiger partial charge in [-0.2, -0.15) is 0 Å². The molecule has 20 heavy (non-hydrogen) atoms. The van der Waals surface area contributed by atoms with Gasteiger partial charge >= 0.3 is 0 Å². The van der Waals surface area contributed by atoms with Crippen LogP contribution in [0.1, 0.15) is 43.4 Å². The number of nitrogens with one attached hydrogen (secondary N) is 1. The maximum Gasteiger partial charge on any atom is 0.133 e. The molecule has 0 radical (unpaired) electrons. The Labute approximate surface area is 119 Å². The van der Waals surface area contributed by atoms with Crippen LogP contribution in [-0.4, -0.2) is 19.8 Å². The second-order valence-corrected chi connectivity index (χ2v) is 5.49. The van der Waals surface area contributed by atoms with Crippen molar-refractivity contribution in [1.82, 2.24) is 5.32 Å². The molecule has 1 aromatic rings. The van der Waals surface area contributed by atoms with Crippen molar-refractivity contribution in [2.24, 2.45) is 5.92 Å². The Morgan fingerprint density at radius 1 is 1.30 bits per heavy atom. The molecule has 0 saturated carbocycles. The lowest BCUT2D eigenvalue weighted by molar-refractivity contribution is 0.0603. The quantitative estimate of drug-likeness (QED) is 0.889. The zero-order valence-corrected chi connectivity index (χ0v) is 12.2. The van der Waals surface area contributed by atoms with Crippen LogP contribution in [0.3, 0.4) is 0 Å². The summed E-state index contributed by atoms with van der Waals surface area (Å²) < 4.78 is 33.7. The average Bonchev–Trinajstić information content (AvgIpc) is 2.45. The summed E-state index contributed by atoms with van der Waals surface area (Å²) in [5.41, 5.74) is 0.689. The Morgan fingerprint density at radius 2 is 2.00 bits per heavy atom. The van der Waals surface area contributed by atoms with E-state index in [1.165, 1.54) is 12.1 Å². The number of hydrogen-bond donors (Lipinski definition) is 1. The highest BCUT2D eigenvalue weighted by Crippen LogP contribution is 2.31. The summed E-state index contributed by atoms with van der Waals surface area (Å²) >= 11 is 0. The van der Waals surface area contributed by atoms with Crippen molar-refractivity contribution in [2.45, 2.75) is 39.2 Å². The molecule has 4 heteroatoms. The van der Waals surface area contributed by atoms with Gasteiger partial charge in [0.2, 0.25) is 0 Å². The van der Waals surface area contributed by atoms with E-state index in [9.17, 15) is 8.78 Å². The molecule has 1 heterocycles. The summed E-state index contributed by atoms with van der Waals surface area (Å²) in [4.78, 5) is 0. The summed E-state index contributed by atoms with van der Waals surface area (Å²) in [6, 6.07) is 2.59. The summed E-state index contributed by atoms with van der Waals surface area (Å²) in [5.74, 6) is -0.402. The fourth-order valence-corrected chi connectivity index (χ4v) is 2.86. The fourth-order valence-electron chi connectivity index (χ4n) is 2.86. The molecule has 1 aliphatic heterocycles. The number of ether oxygens (including phenoxy) is 1. The molecule has 0 amide bonds. The molecule has 1 fully saturated rings. The van der Waals surface area contributed by atoms with Gasteiger partial charge in [0.05, 0.1) is 0 Å². The molecule has 1 saturated heterocycles. The molecule has 0 aromatic heterocycles. The second kappa shape index (κ2) is 7.14. The van der Waals surface area contributed by atoms with Gasteiger partial charge in [0.1, 0.15) is 11.6 Å². The maximum absolute atomic E-state index is 14.3. The van der Waals surface area contributed by atoms with E-state index in [-0.39, 0.29) is 11.6 Å². The van der Waals surface area contributed by atoms with Crippen molar-refractivity contribution in [3.8, 4) is 0 Å². The van der Waals surface area contributed by atoms with Gasteiger partial charge in [-0.3, -0.25) is 0 Å². The van der Waals surface area contributed by atoms with Crippen LogP contribution in [0.25, 0.3) is 0 Å². The normalized spacial score (nSPS) is 18.2. The average molecular weight is 283 g/mol. The van der Waals surface area contributed by atoms with Gasteiger partial charge in [-0.1, -0.05) is 13.0 Å². The Hall–Kier alpha value is -1.00. The van der Waals surface area contributed by atoms with Crippen LogP contribution in [0.15, 0.2) is 12.1 Å². The third kappa shape index (κ3) is 3.55. The lowest BCUT2D eigenvalue weighted by Gasteiger charge is -2.28. The van der Waals surface area contributed by atoms with Gasteiger partial charge < -0.3 is 10.1 Å². The number of aryl methyl sites for hydroxylation is 1.